The maximum atomic E-state index is 11.8. The quantitative estimate of drug-likeness (QED) is 0.599. The second kappa shape index (κ2) is 8.26. The van der Waals surface area contributed by atoms with Gasteiger partial charge in [0.15, 0.2) is 0 Å². The van der Waals surface area contributed by atoms with Crippen molar-refractivity contribution in [1.29, 1.82) is 0 Å². The van der Waals surface area contributed by atoms with Crippen molar-refractivity contribution in [2.75, 3.05) is 20.8 Å². The van der Waals surface area contributed by atoms with E-state index in [9.17, 15) is 9.59 Å². The Kier molecular flexibility index (Phi) is 6.60. The van der Waals surface area contributed by atoms with Crippen molar-refractivity contribution in [3.05, 3.63) is 35.4 Å². The summed E-state index contributed by atoms with van der Waals surface area (Å²) in [6.07, 6.45) is 0.872. The molecule has 1 N–H and O–H groups in total. The lowest BCUT2D eigenvalue weighted by atomic mass is 10.1. The van der Waals surface area contributed by atoms with Crippen molar-refractivity contribution in [1.82, 2.24) is 5.32 Å². The van der Waals surface area contributed by atoms with Gasteiger partial charge < -0.3 is 14.8 Å². The molecule has 19 heavy (non-hydrogen) atoms. The summed E-state index contributed by atoms with van der Waals surface area (Å²) in [6.45, 7) is 0.923. The van der Waals surface area contributed by atoms with Gasteiger partial charge in [-0.2, -0.15) is 0 Å². The second-order valence-electron chi connectivity index (χ2n) is 4.07. The average molecular weight is 265 g/mol. The summed E-state index contributed by atoms with van der Waals surface area (Å²) >= 11 is 0. The Labute approximate surface area is 112 Å². The van der Waals surface area contributed by atoms with Crippen LogP contribution in [0.1, 0.15) is 28.8 Å². The zero-order chi connectivity index (χ0) is 14.1. The van der Waals surface area contributed by atoms with Crippen molar-refractivity contribution >= 4 is 11.9 Å². The van der Waals surface area contributed by atoms with Gasteiger partial charge in [-0.15, -0.1) is 0 Å². The minimum atomic E-state index is -0.267. The minimum Gasteiger partial charge on any atom is -0.469 e. The van der Waals surface area contributed by atoms with Gasteiger partial charge in [0.25, 0.3) is 5.91 Å². The summed E-state index contributed by atoms with van der Waals surface area (Å²) < 4.78 is 9.54. The monoisotopic (exact) mass is 265 g/mol. The summed E-state index contributed by atoms with van der Waals surface area (Å²) in [5, 5.41) is 2.76. The van der Waals surface area contributed by atoms with E-state index in [1.807, 2.05) is 12.1 Å². The highest BCUT2D eigenvalue weighted by Crippen LogP contribution is 2.06. The maximum Gasteiger partial charge on any atom is 0.305 e. The number of ether oxygens (including phenoxy) is 2. The zero-order valence-electron chi connectivity index (χ0n) is 11.3. The maximum absolute atomic E-state index is 11.8. The van der Waals surface area contributed by atoms with Crippen molar-refractivity contribution in [2.24, 2.45) is 0 Å². The molecule has 0 spiro atoms. The van der Waals surface area contributed by atoms with Crippen molar-refractivity contribution in [2.45, 2.75) is 19.4 Å². The summed E-state index contributed by atoms with van der Waals surface area (Å²) in [5.74, 6) is -0.417. The van der Waals surface area contributed by atoms with E-state index in [0.29, 0.717) is 31.6 Å². The van der Waals surface area contributed by atoms with Crippen LogP contribution in [0.3, 0.4) is 0 Å². The molecular formula is C14H19NO4. The number of rotatable bonds is 7. The first kappa shape index (κ1) is 15.2. The van der Waals surface area contributed by atoms with Crippen molar-refractivity contribution in [3.8, 4) is 0 Å². The number of benzene rings is 1. The Balaban J connectivity index is 2.40. The molecule has 0 aromatic heterocycles. The Morgan fingerprint density at radius 3 is 2.74 bits per heavy atom. The van der Waals surface area contributed by atoms with Gasteiger partial charge in [-0.1, -0.05) is 12.1 Å². The summed E-state index contributed by atoms with van der Waals surface area (Å²) in [6, 6.07) is 7.25. The van der Waals surface area contributed by atoms with Gasteiger partial charge >= 0.3 is 5.97 Å². The largest absolute Gasteiger partial charge is 0.469 e. The number of hydrogen-bond donors (Lipinski definition) is 1. The molecule has 0 unspecified atom stereocenters. The van der Waals surface area contributed by atoms with Crippen LogP contribution < -0.4 is 5.32 Å². The first-order valence-corrected chi connectivity index (χ1v) is 6.10. The Hall–Kier alpha value is -1.88. The van der Waals surface area contributed by atoms with Crippen molar-refractivity contribution in [3.63, 3.8) is 0 Å². The van der Waals surface area contributed by atoms with E-state index < -0.39 is 0 Å². The number of carbonyl (C=O) groups is 2. The molecule has 0 aliphatic rings. The van der Waals surface area contributed by atoms with E-state index >= 15 is 0 Å². The van der Waals surface area contributed by atoms with Gasteiger partial charge in [-0.3, -0.25) is 9.59 Å². The van der Waals surface area contributed by atoms with Crippen LogP contribution in [-0.4, -0.2) is 32.6 Å². The van der Waals surface area contributed by atoms with E-state index in [1.165, 1.54) is 7.11 Å². The molecule has 1 aromatic carbocycles. The molecule has 0 heterocycles. The van der Waals surface area contributed by atoms with E-state index in [2.05, 4.69) is 10.1 Å². The van der Waals surface area contributed by atoms with Gasteiger partial charge in [0.2, 0.25) is 0 Å². The number of esters is 1. The van der Waals surface area contributed by atoms with Crippen LogP contribution in [0.25, 0.3) is 0 Å². The summed E-state index contributed by atoms with van der Waals surface area (Å²) in [4.78, 5) is 22.7. The highest BCUT2D eigenvalue weighted by atomic mass is 16.5. The third-order valence-corrected chi connectivity index (χ3v) is 2.57. The first-order chi connectivity index (χ1) is 9.17. The Morgan fingerprint density at radius 1 is 1.26 bits per heavy atom. The molecule has 0 saturated carbocycles. The smallest absolute Gasteiger partial charge is 0.305 e. The molecule has 1 amide bonds. The predicted molar refractivity (Wildman–Crippen MR) is 70.7 cm³/mol. The van der Waals surface area contributed by atoms with Crippen LogP contribution in [0.5, 0.6) is 0 Å². The van der Waals surface area contributed by atoms with Crippen LogP contribution in [-0.2, 0) is 20.9 Å². The molecule has 5 heteroatoms. The zero-order valence-corrected chi connectivity index (χ0v) is 11.3. The third kappa shape index (κ3) is 5.52. The van der Waals surface area contributed by atoms with E-state index in [-0.39, 0.29) is 11.9 Å². The molecular weight excluding hydrogens is 246 g/mol. The van der Waals surface area contributed by atoms with Crippen LogP contribution in [0, 0.1) is 0 Å². The van der Waals surface area contributed by atoms with E-state index in [0.717, 1.165) is 5.56 Å². The highest BCUT2D eigenvalue weighted by Gasteiger charge is 2.06. The van der Waals surface area contributed by atoms with E-state index in [1.54, 1.807) is 19.2 Å². The number of carbonyl (C=O) groups excluding carboxylic acids is 2. The topological polar surface area (TPSA) is 64.6 Å². The Morgan fingerprint density at radius 2 is 2.05 bits per heavy atom. The third-order valence-electron chi connectivity index (χ3n) is 2.57. The standard InChI is InChI=1S/C14H19NO4/c1-18-10-11-5-3-6-12(9-11)14(17)15-8-4-7-13(16)19-2/h3,5-6,9H,4,7-8,10H2,1-2H3,(H,15,17). The molecule has 0 fully saturated rings. The van der Waals surface area contributed by atoms with Gasteiger partial charge in [0.1, 0.15) is 0 Å². The summed E-state index contributed by atoms with van der Waals surface area (Å²) in [7, 11) is 2.96. The fourth-order valence-electron chi connectivity index (χ4n) is 1.61. The molecule has 0 bridgehead atoms. The van der Waals surface area contributed by atoms with Crippen LogP contribution in [0.2, 0.25) is 0 Å². The fraction of sp³-hybridized carbons (Fsp3) is 0.429. The molecule has 104 valence electrons. The highest BCUT2D eigenvalue weighted by molar-refractivity contribution is 5.94. The molecule has 5 nitrogen and oxygen atoms in total. The second-order valence-corrected chi connectivity index (χ2v) is 4.07. The van der Waals surface area contributed by atoms with Crippen LogP contribution >= 0.6 is 0 Å². The van der Waals surface area contributed by atoms with Gasteiger partial charge in [-0.25, -0.2) is 0 Å². The summed E-state index contributed by atoms with van der Waals surface area (Å²) in [5.41, 5.74) is 1.54. The van der Waals surface area contributed by atoms with Gasteiger partial charge in [0, 0.05) is 25.6 Å². The first-order valence-electron chi connectivity index (χ1n) is 6.10. The Bertz CT molecular complexity index is 431. The number of methoxy groups -OCH3 is 2. The van der Waals surface area contributed by atoms with Crippen molar-refractivity contribution < 1.29 is 19.1 Å². The molecule has 0 aliphatic heterocycles. The SMILES string of the molecule is COCc1cccc(C(=O)NCCCC(=O)OC)c1. The normalized spacial score (nSPS) is 10.0. The fourth-order valence-corrected chi connectivity index (χ4v) is 1.61. The molecule has 1 rings (SSSR count). The molecule has 1 aromatic rings. The lowest BCUT2D eigenvalue weighted by Gasteiger charge is -2.06. The number of nitrogens with one attached hydrogen (secondary N) is 1. The van der Waals surface area contributed by atoms with Gasteiger partial charge in [-0.05, 0) is 24.1 Å². The van der Waals surface area contributed by atoms with E-state index in [4.69, 9.17) is 4.74 Å². The lowest BCUT2D eigenvalue weighted by Crippen LogP contribution is -2.25. The predicted octanol–water partition coefficient (Wildman–Crippen LogP) is 1.52. The molecule has 0 saturated heterocycles. The minimum absolute atomic E-state index is 0.150. The van der Waals surface area contributed by atoms with Crippen LogP contribution in [0.4, 0.5) is 0 Å². The molecule has 0 radical (unpaired) electrons. The lowest BCUT2D eigenvalue weighted by molar-refractivity contribution is -0.140. The molecule has 0 atom stereocenters. The van der Waals surface area contributed by atoms with Gasteiger partial charge in [0.05, 0.1) is 13.7 Å². The number of hydrogen-bond acceptors (Lipinski definition) is 4. The molecule has 0 aliphatic carbocycles. The van der Waals surface area contributed by atoms with Crippen LogP contribution in [0.15, 0.2) is 24.3 Å². The average Bonchev–Trinajstić information content (AvgIpc) is 2.43. The number of amides is 1.